The number of amides is 1. The minimum atomic E-state index is 0.118. The molecular formula is C32H42N2O2. The smallest absolute Gasteiger partial charge is 0.227 e. The average Bonchev–Trinajstić information content (AvgIpc) is 2.88. The van der Waals surface area contributed by atoms with Crippen LogP contribution in [0.3, 0.4) is 0 Å². The number of hydrogen-bond acceptors (Lipinski definition) is 3. The summed E-state index contributed by atoms with van der Waals surface area (Å²) in [5.41, 5.74) is 5.05. The number of aryl methyl sites for hydroxylation is 2. The Kier molecular flexibility index (Phi) is 10.4. The van der Waals surface area contributed by atoms with Crippen LogP contribution >= 0.6 is 0 Å². The molecule has 2 N–H and O–H groups in total. The van der Waals surface area contributed by atoms with Crippen LogP contribution < -0.4 is 10.2 Å². The van der Waals surface area contributed by atoms with E-state index in [2.05, 4.69) is 39.1 Å². The van der Waals surface area contributed by atoms with Crippen molar-refractivity contribution in [3.63, 3.8) is 0 Å². The van der Waals surface area contributed by atoms with Gasteiger partial charge in [-0.15, -0.1) is 0 Å². The molecule has 0 radical (unpaired) electrons. The number of rotatable bonds is 13. The van der Waals surface area contributed by atoms with Crippen molar-refractivity contribution in [3.8, 4) is 5.75 Å². The summed E-state index contributed by atoms with van der Waals surface area (Å²) >= 11 is 0. The molecule has 4 nitrogen and oxygen atoms in total. The molecular weight excluding hydrogens is 444 g/mol. The minimum absolute atomic E-state index is 0.118. The van der Waals surface area contributed by atoms with E-state index in [1.54, 1.807) is 6.07 Å². The first kappa shape index (κ1) is 27.3. The summed E-state index contributed by atoms with van der Waals surface area (Å²) in [5, 5.41) is 13.6. The summed E-state index contributed by atoms with van der Waals surface area (Å²) in [7, 11) is 0. The maximum Gasteiger partial charge on any atom is 0.227 e. The second-order valence-electron chi connectivity index (χ2n) is 10.2. The van der Waals surface area contributed by atoms with Gasteiger partial charge in [0, 0.05) is 29.5 Å². The molecule has 4 heteroatoms. The second-order valence-corrected chi connectivity index (χ2v) is 10.2. The first-order chi connectivity index (χ1) is 17.4. The molecule has 192 valence electrons. The van der Waals surface area contributed by atoms with Crippen molar-refractivity contribution in [2.24, 2.45) is 5.92 Å². The molecule has 0 spiro atoms. The Labute approximate surface area is 217 Å². The molecule has 1 amide bonds. The highest BCUT2D eigenvalue weighted by Crippen LogP contribution is 2.27. The summed E-state index contributed by atoms with van der Waals surface area (Å²) in [6.45, 7) is 8.76. The fourth-order valence-corrected chi connectivity index (χ4v) is 4.47. The van der Waals surface area contributed by atoms with Crippen molar-refractivity contribution in [2.75, 3.05) is 10.2 Å². The molecule has 0 aliphatic carbocycles. The van der Waals surface area contributed by atoms with Crippen molar-refractivity contribution in [1.82, 2.24) is 0 Å². The number of nitrogens with zero attached hydrogens (tertiary/aromatic N) is 1. The minimum Gasteiger partial charge on any atom is -0.508 e. The van der Waals surface area contributed by atoms with Gasteiger partial charge in [0.2, 0.25) is 5.91 Å². The number of benzene rings is 3. The topological polar surface area (TPSA) is 52.6 Å². The predicted octanol–water partition coefficient (Wildman–Crippen LogP) is 8.27. The normalized spacial score (nSPS) is 11.9. The van der Waals surface area contributed by atoms with Crippen LogP contribution in [0.2, 0.25) is 0 Å². The highest BCUT2D eigenvalue weighted by atomic mass is 16.3. The van der Waals surface area contributed by atoms with E-state index in [0.29, 0.717) is 24.5 Å². The molecule has 0 heterocycles. The third-order valence-corrected chi connectivity index (χ3v) is 6.65. The second kappa shape index (κ2) is 13.7. The lowest BCUT2D eigenvalue weighted by Crippen LogP contribution is -2.39. The van der Waals surface area contributed by atoms with Crippen molar-refractivity contribution in [2.45, 2.75) is 78.7 Å². The standard InChI is InChI=1S/C32H42N2O2/c1-5-6-10-27-23-26(15-21-31(27)35)16-22-32(36)34(25(4)14-13-24(2)3)30-19-17-29(18-20-30)33-28-11-8-7-9-12-28/h7-9,11-12,15,17-21,23-25,33,35H,5-6,10,13-14,16,22H2,1-4H3. The number of hydrogen-bond donors (Lipinski definition) is 2. The van der Waals surface area contributed by atoms with Gasteiger partial charge < -0.3 is 15.3 Å². The predicted molar refractivity (Wildman–Crippen MR) is 152 cm³/mol. The molecule has 0 saturated carbocycles. The Bertz CT molecular complexity index is 1080. The zero-order chi connectivity index (χ0) is 25.9. The Morgan fingerprint density at radius 1 is 0.889 bits per heavy atom. The van der Waals surface area contributed by atoms with E-state index < -0.39 is 0 Å². The molecule has 0 bridgehead atoms. The number of nitrogens with one attached hydrogen (secondary N) is 1. The third kappa shape index (κ3) is 8.15. The van der Waals surface area contributed by atoms with Crippen molar-refractivity contribution >= 4 is 23.0 Å². The van der Waals surface area contributed by atoms with Crippen LogP contribution in [-0.2, 0) is 17.6 Å². The SMILES string of the molecule is CCCCc1cc(CCC(=O)N(c2ccc(Nc3ccccc3)cc2)C(C)CCC(C)C)ccc1O. The van der Waals surface area contributed by atoms with Crippen LogP contribution in [0.1, 0.15) is 70.9 Å². The average molecular weight is 487 g/mol. The molecule has 3 aromatic rings. The third-order valence-electron chi connectivity index (χ3n) is 6.65. The van der Waals surface area contributed by atoms with E-state index in [1.807, 2.05) is 65.6 Å². The molecule has 36 heavy (non-hydrogen) atoms. The molecule has 3 rings (SSSR count). The number of carbonyl (C=O) groups is 1. The van der Waals surface area contributed by atoms with Crippen LogP contribution in [0, 0.1) is 5.92 Å². The number of para-hydroxylation sites is 1. The van der Waals surface area contributed by atoms with Gasteiger partial charge in [0.15, 0.2) is 0 Å². The quantitative estimate of drug-likeness (QED) is 0.256. The lowest BCUT2D eigenvalue weighted by molar-refractivity contribution is -0.119. The maximum atomic E-state index is 13.6. The van der Waals surface area contributed by atoms with Crippen LogP contribution in [0.4, 0.5) is 17.1 Å². The Morgan fingerprint density at radius 2 is 1.58 bits per heavy atom. The number of phenols is 1. The Balaban J connectivity index is 1.73. The van der Waals surface area contributed by atoms with Crippen molar-refractivity contribution in [1.29, 1.82) is 0 Å². The van der Waals surface area contributed by atoms with E-state index in [1.165, 1.54) is 0 Å². The largest absolute Gasteiger partial charge is 0.508 e. The van der Waals surface area contributed by atoms with Crippen LogP contribution in [0.5, 0.6) is 5.75 Å². The van der Waals surface area contributed by atoms with Gasteiger partial charge >= 0.3 is 0 Å². The van der Waals surface area contributed by atoms with Gasteiger partial charge in [0.1, 0.15) is 5.75 Å². The molecule has 0 saturated heterocycles. The Morgan fingerprint density at radius 3 is 2.25 bits per heavy atom. The highest BCUT2D eigenvalue weighted by Gasteiger charge is 2.22. The molecule has 0 aliphatic rings. The summed E-state index contributed by atoms with van der Waals surface area (Å²) in [6, 6.07) is 24.1. The van der Waals surface area contributed by atoms with E-state index in [0.717, 1.165) is 60.3 Å². The van der Waals surface area contributed by atoms with E-state index >= 15 is 0 Å². The zero-order valence-electron chi connectivity index (χ0n) is 22.3. The summed E-state index contributed by atoms with van der Waals surface area (Å²) in [6.07, 6.45) is 6.15. The van der Waals surface area contributed by atoms with Gasteiger partial charge in [-0.2, -0.15) is 0 Å². The number of carbonyl (C=O) groups excluding carboxylic acids is 1. The molecule has 0 aliphatic heterocycles. The van der Waals surface area contributed by atoms with E-state index in [4.69, 9.17) is 0 Å². The maximum absolute atomic E-state index is 13.6. The monoisotopic (exact) mass is 486 g/mol. The van der Waals surface area contributed by atoms with Crippen LogP contribution in [-0.4, -0.2) is 17.1 Å². The van der Waals surface area contributed by atoms with Crippen LogP contribution in [0.15, 0.2) is 72.8 Å². The highest BCUT2D eigenvalue weighted by molar-refractivity contribution is 5.94. The fraction of sp³-hybridized carbons (Fsp3) is 0.406. The number of phenolic OH excluding ortho intramolecular Hbond substituents is 1. The van der Waals surface area contributed by atoms with E-state index in [-0.39, 0.29) is 11.9 Å². The van der Waals surface area contributed by atoms with Gasteiger partial charge in [-0.1, -0.05) is 57.5 Å². The fourth-order valence-electron chi connectivity index (χ4n) is 4.47. The molecule has 0 aromatic heterocycles. The number of anilines is 3. The first-order valence-electron chi connectivity index (χ1n) is 13.4. The molecule has 1 atom stereocenters. The van der Waals surface area contributed by atoms with Crippen LogP contribution in [0.25, 0.3) is 0 Å². The molecule has 1 unspecified atom stereocenters. The summed E-state index contributed by atoms with van der Waals surface area (Å²) in [4.78, 5) is 15.5. The Hall–Kier alpha value is -3.27. The van der Waals surface area contributed by atoms with Crippen molar-refractivity contribution in [3.05, 3.63) is 83.9 Å². The first-order valence-corrected chi connectivity index (χ1v) is 13.4. The van der Waals surface area contributed by atoms with E-state index in [9.17, 15) is 9.90 Å². The molecule has 0 fully saturated rings. The van der Waals surface area contributed by atoms with Gasteiger partial charge in [0.25, 0.3) is 0 Å². The van der Waals surface area contributed by atoms with Gasteiger partial charge in [0.05, 0.1) is 0 Å². The number of unbranched alkanes of at least 4 members (excludes halogenated alkanes) is 1. The lowest BCUT2D eigenvalue weighted by Gasteiger charge is -2.30. The zero-order valence-corrected chi connectivity index (χ0v) is 22.3. The summed E-state index contributed by atoms with van der Waals surface area (Å²) in [5.74, 6) is 1.09. The van der Waals surface area contributed by atoms with Gasteiger partial charge in [-0.05, 0) is 98.5 Å². The molecule has 3 aromatic carbocycles. The van der Waals surface area contributed by atoms with Gasteiger partial charge in [-0.3, -0.25) is 4.79 Å². The number of aromatic hydroxyl groups is 1. The van der Waals surface area contributed by atoms with Crippen molar-refractivity contribution < 1.29 is 9.90 Å². The summed E-state index contributed by atoms with van der Waals surface area (Å²) < 4.78 is 0. The lowest BCUT2D eigenvalue weighted by atomic mass is 10.00. The van der Waals surface area contributed by atoms with Gasteiger partial charge in [-0.25, -0.2) is 0 Å².